The van der Waals surface area contributed by atoms with Gasteiger partial charge in [-0.2, -0.15) is 43.2 Å². The van der Waals surface area contributed by atoms with Crippen LogP contribution in [0.1, 0.15) is 158 Å². The minimum Gasteiger partial charge on any atom is -0.382 e. The molecule has 5 rings (SSSR count). The Hall–Kier alpha value is -4.04. The fraction of sp³-hybridized carbons (Fsp3) is 0.520. The third kappa shape index (κ3) is 14.0. The third-order valence-electron chi connectivity index (χ3n) is 12.1. The molecule has 0 heterocycles. The van der Waals surface area contributed by atoms with Gasteiger partial charge in [0.15, 0.2) is 0 Å². The number of rotatable bonds is 24. The maximum Gasteiger partial charge on any atom is 0.389 e. The van der Waals surface area contributed by atoms with E-state index < -0.39 is 50.8 Å². The standard InChI is InChI=1S/C50H62F6O6S2/c1-36-31-42(32-37(2)46(36)61-63(57,58)29-21-13-9-5-7-11-19-27-48(51,52)53)50(44-25-17-15-23-40(44)35-41-24-16-18-26-45(41)50)43-33-38(3)47(39(4)34-43)62-64(59,60)30-22-14-10-6-8-12-20-28-49(54,55)56/h15-18,23-26,31-34H,5-14,19-22,27-30,35H2,1-4H3. The molecule has 0 radical (unpaired) electrons. The summed E-state index contributed by atoms with van der Waals surface area (Å²) in [5, 5.41) is 0. The molecule has 1 aliphatic rings. The van der Waals surface area contributed by atoms with Gasteiger partial charge >= 0.3 is 32.6 Å². The van der Waals surface area contributed by atoms with Gasteiger partial charge in [-0.05, 0) is 115 Å². The minimum atomic E-state index is -4.14. The maximum atomic E-state index is 13.3. The second-order valence-corrected chi connectivity index (χ2v) is 20.9. The Morgan fingerprint density at radius 2 is 0.766 bits per heavy atom. The SMILES string of the molecule is Cc1cc(C2(c3cc(C)c(OS(=O)(=O)CCCCCCCCCC(F)(F)F)c(C)c3)c3ccccc3Cc3ccccc32)cc(C)c1OS(=O)(=O)CCCCCCCCCC(F)(F)F. The first-order valence-electron chi connectivity index (χ1n) is 22.5. The molecule has 0 amide bonds. The van der Waals surface area contributed by atoms with Crippen molar-refractivity contribution in [2.24, 2.45) is 0 Å². The number of aryl methyl sites for hydroxylation is 4. The topological polar surface area (TPSA) is 86.7 Å². The van der Waals surface area contributed by atoms with Gasteiger partial charge < -0.3 is 8.37 Å². The van der Waals surface area contributed by atoms with Gasteiger partial charge in [0.05, 0.1) is 16.9 Å². The Kier molecular flexibility index (Phi) is 17.5. The monoisotopic (exact) mass is 936 g/mol. The first kappa shape index (κ1) is 51.0. The van der Waals surface area contributed by atoms with Crippen LogP contribution < -0.4 is 8.37 Å². The molecule has 14 heteroatoms. The predicted molar refractivity (Wildman–Crippen MR) is 241 cm³/mol. The Balaban J connectivity index is 1.37. The maximum absolute atomic E-state index is 13.3. The Labute approximate surface area is 376 Å². The highest BCUT2D eigenvalue weighted by atomic mass is 32.2. The van der Waals surface area contributed by atoms with E-state index >= 15 is 0 Å². The molecule has 0 bridgehead atoms. The fourth-order valence-electron chi connectivity index (χ4n) is 9.13. The normalized spacial score (nSPS) is 14.0. The molecule has 4 aromatic carbocycles. The van der Waals surface area contributed by atoms with Crippen LogP contribution in [-0.2, 0) is 32.1 Å². The average molecular weight is 937 g/mol. The van der Waals surface area contributed by atoms with Crippen LogP contribution in [0.5, 0.6) is 11.5 Å². The lowest BCUT2D eigenvalue weighted by Crippen LogP contribution is -2.36. The minimum absolute atomic E-state index is 0.103. The van der Waals surface area contributed by atoms with Crippen molar-refractivity contribution >= 4 is 20.2 Å². The summed E-state index contributed by atoms with van der Waals surface area (Å²) in [7, 11) is -7.94. The Morgan fingerprint density at radius 3 is 1.09 bits per heavy atom. The van der Waals surface area contributed by atoms with E-state index in [1.54, 1.807) is 0 Å². The van der Waals surface area contributed by atoms with E-state index in [9.17, 15) is 43.2 Å². The molecule has 0 saturated carbocycles. The second kappa shape index (κ2) is 22.0. The van der Waals surface area contributed by atoms with Crippen LogP contribution in [0.2, 0.25) is 0 Å². The van der Waals surface area contributed by atoms with Crippen LogP contribution in [0.4, 0.5) is 26.3 Å². The summed E-state index contributed by atoms with van der Waals surface area (Å²) in [6, 6.07) is 24.3. The van der Waals surface area contributed by atoms with Gasteiger partial charge in [0.25, 0.3) is 0 Å². The first-order valence-corrected chi connectivity index (χ1v) is 25.7. The molecule has 4 aromatic rings. The lowest BCUT2D eigenvalue weighted by Gasteiger charge is -2.43. The van der Waals surface area contributed by atoms with Crippen LogP contribution in [0.25, 0.3) is 0 Å². The number of halogens is 6. The van der Waals surface area contributed by atoms with Crippen LogP contribution in [0.3, 0.4) is 0 Å². The largest absolute Gasteiger partial charge is 0.389 e. The summed E-state index contributed by atoms with van der Waals surface area (Å²) in [5.41, 5.74) is 7.63. The molecular formula is C50H62F6O6S2. The highest BCUT2D eigenvalue weighted by molar-refractivity contribution is 7.87. The summed E-state index contributed by atoms with van der Waals surface area (Å²) in [4.78, 5) is 0. The quantitative estimate of drug-likeness (QED) is 0.0348. The lowest BCUT2D eigenvalue weighted by atomic mass is 9.59. The van der Waals surface area contributed by atoms with Gasteiger partial charge in [-0.15, -0.1) is 0 Å². The summed E-state index contributed by atoms with van der Waals surface area (Å²) < 4.78 is 139. The van der Waals surface area contributed by atoms with Crippen LogP contribution >= 0.6 is 0 Å². The molecule has 0 N–H and O–H groups in total. The van der Waals surface area contributed by atoms with Crippen molar-refractivity contribution in [2.75, 3.05) is 11.5 Å². The van der Waals surface area contributed by atoms with Crippen molar-refractivity contribution in [2.45, 2.75) is 155 Å². The van der Waals surface area contributed by atoms with Crippen molar-refractivity contribution in [1.82, 2.24) is 0 Å². The molecule has 0 spiro atoms. The molecule has 0 saturated heterocycles. The van der Waals surface area contributed by atoms with E-state index in [0.29, 0.717) is 80.0 Å². The van der Waals surface area contributed by atoms with Gasteiger partial charge in [0.2, 0.25) is 0 Å². The summed E-state index contributed by atoms with van der Waals surface area (Å²) >= 11 is 0. The van der Waals surface area contributed by atoms with Crippen molar-refractivity contribution in [1.29, 1.82) is 0 Å². The molecule has 0 aromatic heterocycles. The molecule has 0 aliphatic heterocycles. The van der Waals surface area contributed by atoms with E-state index in [1.165, 1.54) is 0 Å². The highest BCUT2D eigenvalue weighted by Crippen LogP contribution is 2.53. The number of unbranched alkanes of at least 4 members (excludes halogenated alkanes) is 12. The number of hydrogen-bond donors (Lipinski definition) is 0. The predicted octanol–water partition coefficient (Wildman–Crippen LogP) is 14.0. The average Bonchev–Trinajstić information content (AvgIpc) is 3.20. The van der Waals surface area contributed by atoms with E-state index in [1.807, 2.05) is 76.2 Å². The molecule has 0 unspecified atom stereocenters. The number of benzene rings is 4. The zero-order chi connectivity index (χ0) is 46.8. The Bertz CT molecular complexity index is 2190. The van der Waals surface area contributed by atoms with Gasteiger partial charge in [0, 0.05) is 12.8 Å². The molecule has 0 atom stereocenters. The molecule has 1 aliphatic carbocycles. The van der Waals surface area contributed by atoms with Crippen LogP contribution in [0.15, 0.2) is 72.8 Å². The van der Waals surface area contributed by atoms with Crippen molar-refractivity contribution in [3.63, 3.8) is 0 Å². The van der Waals surface area contributed by atoms with Crippen LogP contribution in [-0.4, -0.2) is 40.7 Å². The smallest absolute Gasteiger partial charge is 0.382 e. The van der Waals surface area contributed by atoms with Crippen molar-refractivity contribution in [3.8, 4) is 11.5 Å². The van der Waals surface area contributed by atoms with Gasteiger partial charge in [0.1, 0.15) is 11.5 Å². The number of fused-ring (bicyclic) bond motifs is 2. The zero-order valence-corrected chi connectivity index (χ0v) is 39.0. The van der Waals surface area contributed by atoms with E-state index in [-0.39, 0.29) is 35.8 Å². The van der Waals surface area contributed by atoms with Crippen molar-refractivity contribution < 1.29 is 51.5 Å². The summed E-state index contributed by atoms with van der Waals surface area (Å²) in [6.45, 7) is 7.30. The zero-order valence-electron chi connectivity index (χ0n) is 37.4. The Morgan fingerprint density at radius 1 is 0.469 bits per heavy atom. The number of alkyl halides is 6. The molecular weight excluding hydrogens is 875 g/mol. The third-order valence-corrected chi connectivity index (χ3v) is 14.6. The fourth-order valence-corrected chi connectivity index (χ4v) is 11.4. The van der Waals surface area contributed by atoms with Gasteiger partial charge in [-0.3, -0.25) is 0 Å². The van der Waals surface area contributed by atoms with Gasteiger partial charge in [-0.25, -0.2) is 0 Å². The second-order valence-electron chi connectivity index (χ2n) is 17.5. The molecule has 6 nitrogen and oxygen atoms in total. The molecule has 352 valence electrons. The van der Waals surface area contributed by atoms with Crippen LogP contribution in [0, 0.1) is 27.7 Å². The lowest BCUT2D eigenvalue weighted by molar-refractivity contribution is -0.136. The summed E-state index contributed by atoms with van der Waals surface area (Å²) in [6.07, 6.45) is -1.70. The summed E-state index contributed by atoms with van der Waals surface area (Å²) in [5.74, 6) is 0.129. The van der Waals surface area contributed by atoms with E-state index in [4.69, 9.17) is 8.37 Å². The molecule has 0 fully saturated rings. The van der Waals surface area contributed by atoms with Gasteiger partial charge in [-0.1, -0.05) is 137 Å². The van der Waals surface area contributed by atoms with E-state index in [0.717, 1.165) is 59.1 Å². The molecule has 64 heavy (non-hydrogen) atoms. The van der Waals surface area contributed by atoms with Crippen molar-refractivity contribution in [3.05, 3.63) is 128 Å². The first-order chi connectivity index (χ1) is 30.1. The highest BCUT2D eigenvalue weighted by Gasteiger charge is 2.45. The number of hydrogen-bond acceptors (Lipinski definition) is 6. The van der Waals surface area contributed by atoms with E-state index in [2.05, 4.69) is 24.3 Å².